The molecule has 1 fully saturated rings. The van der Waals surface area contributed by atoms with Gasteiger partial charge in [0.1, 0.15) is 4.83 Å². The Morgan fingerprint density at radius 3 is 3.09 bits per heavy atom. The molecule has 1 N–H and O–H groups in total. The van der Waals surface area contributed by atoms with Gasteiger partial charge in [0, 0.05) is 23.9 Å². The Morgan fingerprint density at radius 2 is 2.26 bits per heavy atom. The number of benzene rings is 1. The molecule has 4 rings (SSSR count). The van der Waals surface area contributed by atoms with Crippen LogP contribution < -0.4 is 5.32 Å². The van der Waals surface area contributed by atoms with Crippen LogP contribution in [-0.4, -0.2) is 30.1 Å². The third-order valence-electron chi connectivity index (χ3n) is 4.19. The summed E-state index contributed by atoms with van der Waals surface area (Å²) in [7, 11) is 0. The first kappa shape index (κ1) is 14.6. The molecule has 1 atom stereocenters. The van der Waals surface area contributed by atoms with Crippen LogP contribution >= 0.6 is 11.3 Å². The number of amides is 1. The van der Waals surface area contributed by atoms with Crippen LogP contribution in [0.3, 0.4) is 0 Å². The zero-order valence-electron chi connectivity index (χ0n) is 13.0. The summed E-state index contributed by atoms with van der Waals surface area (Å²) in [6.45, 7) is 3.46. The second kappa shape index (κ2) is 5.91. The van der Waals surface area contributed by atoms with Crippen molar-refractivity contribution in [3.05, 3.63) is 40.8 Å². The Hall–Kier alpha value is -1.98. The second-order valence-corrected chi connectivity index (χ2v) is 7.07. The number of rotatable bonds is 3. The smallest absolute Gasteiger partial charge is 0.261 e. The predicted molar refractivity (Wildman–Crippen MR) is 93.2 cm³/mol. The standard InChI is InChI=1S/C18H18N2O2S/c1-11-4-5-15-12(7-11)8-13-9-16(23-18(13)20-15)17(21)19-10-14-3-2-6-22-14/h4-5,7-9,14H,2-3,6,10H2,1H3,(H,19,21)/t14-/m1/s1. The maximum Gasteiger partial charge on any atom is 0.261 e. The molecule has 1 aromatic carbocycles. The lowest BCUT2D eigenvalue weighted by Crippen LogP contribution is -2.31. The van der Waals surface area contributed by atoms with Crippen LogP contribution in [0.4, 0.5) is 0 Å². The summed E-state index contributed by atoms with van der Waals surface area (Å²) in [5.74, 6) is -0.0382. The van der Waals surface area contributed by atoms with Crippen LogP contribution in [0, 0.1) is 6.92 Å². The summed E-state index contributed by atoms with van der Waals surface area (Å²) in [4.78, 5) is 18.6. The van der Waals surface area contributed by atoms with Gasteiger partial charge in [0.05, 0.1) is 16.5 Å². The molecular formula is C18H18N2O2S. The minimum Gasteiger partial charge on any atom is -0.376 e. The van der Waals surface area contributed by atoms with Crippen molar-refractivity contribution in [2.24, 2.45) is 0 Å². The third kappa shape index (κ3) is 2.94. The Balaban J connectivity index is 1.59. The average molecular weight is 326 g/mol. The molecule has 0 spiro atoms. The molecule has 0 radical (unpaired) electrons. The van der Waals surface area contributed by atoms with Gasteiger partial charge in [0.15, 0.2) is 0 Å². The van der Waals surface area contributed by atoms with Gasteiger partial charge in [-0.2, -0.15) is 0 Å². The number of ether oxygens (including phenoxy) is 1. The molecule has 1 aliphatic heterocycles. The minimum absolute atomic E-state index is 0.0382. The normalized spacial score (nSPS) is 17.9. The highest BCUT2D eigenvalue weighted by Crippen LogP contribution is 2.28. The molecule has 4 nitrogen and oxygen atoms in total. The van der Waals surface area contributed by atoms with Crippen LogP contribution in [0.1, 0.15) is 28.1 Å². The lowest BCUT2D eigenvalue weighted by Gasteiger charge is -2.09. The molecule has 118 valence electrons. The summed E-state index contributed by atoms with van der Waals surface area (Å²) in [6.07, 6.45) is 2.27. The first-order valence-corrected chi connectivity index (χ1v) is 8.71. The fourth-order valence-electron chi connectivity index (χ4n) is 2.97. The summed E-state index contributed by atoms with van der Waals surface area (Å²) in [5, 5.41) is 5.11. The number of nitrogens with zero attached hydrogens (tertiary/aromatic N) is 1. The van der Waals surface area contributed by atoms with E-state index < -0.39 is 0 Å². The number of nitrogens with one attached hydrogen (secondary N) is 1. The average Bonchev–Trinajstić information content (AvgIpc) is 3.19. The Kier molecular flexibility index (Phi) is 3.75. The van der Waals surface area contributed by atoms with Crippen molar-refractivity contribution in [2.75, 3.05) is 13.2 Å². The van der Waals surface area contributed by atoms with Gasteiger partial charge in [-0.3, -0.25) is 4.79 Å². The molecular weight excluding hydrogens is 308 g/mol. The summed E-state index contributed by atoms with van der Waals surface area (Å²) >= 11 is 1.44. The molecule has 1 amide bonds. The molecule has 1 saturated heterocycles. The molecule has 2 aromatic heterocycles. The number of aryl methyl sites for hydroxylation is 1. The quantitative estimate of drug-likeness (QED) is 0.799. The fourth-order valence-corrected chi connectivity index (χ4v) is 3.90. The van der Waals surface area contributed by atoms with Gasteiger partial charge in [0.2, 0.25) is 0 Å². The highest BCUT2D eigenvalue weighted by Gasteiger charge is 2.18. The van der Waals surface area contributed by atoms with Gasteiger partial charge in [-0.05, 0) is 44.0 Å². The van der Waals surface area contributed by atoms with E-state index in [4.69, 9.17) is 4.74 Å². The SMILES string of the molecule is Cc1ccc2nc3sc(C(=O)NC[C@H]4CCCO4)cc3cc2c1. The van der Waals surface area contributed by atoms with Crippen molar-refractivity contribution in [3.63, 3.8) is 0 Å². The molecule has 0 bridgehead atoms. The molecule has 5 heteroatoms. The Labute approximate surface area is 138 Å². The largest absolute Gasteiger partial charge is 0.376 e. The number of aromatic nitrogens is 1. The van der Waals surface area contributed by atoms with Gasteiger partial charge in [-0.15, -0.1) is 11.3 Å². The van der Waals surface area contributed by atoms with Crippen LogP contribution in [0.5, 0.6) is 0 Å². The minimum atomic E-state index is -0.0382. The van der Waals surface area contributed by atoms with Crippen LogP contribution in [-0.2, 0) is 4.74 Å². The van der Waals surface area contributed by atoms with Crippen molar-refractivity contribution in [1.29, 1.82) is 0 Å². The van der Waals surface area contributed by atoms with Crippen molar-refractivity contribution >= 4 is 38.4 Å². The number of carbonyl (C=O) groups excluding carboxylic acids is 1. The van der Waals surface area contributed by atoms with Gasteiger partial charge < -0.3 is 10.1 Å². The van der Waals surface area contributed by atoms with Crippen molar-refractivity contribution in [2.45, 2.75) is 25.9 Å². The summed E-state index contributed by atoms with van der Waals surface area (Å²) < 4.78 is 5.54. The molecule has 0 unspecified atom stereocenters. The maximum absolute atomic E-state index is 12.3. The zero-order valence-corrected chi connectivity index (χ0v) is 13.8. The number of hydrogen-bond donors (Lipinski definition) is 1. The Morgan fingerprint density at radius 1 is 1.35 bits per heavy atom. The number of thiophene rings is 1. The number of fused-ring (bicyclic) bond motifs is 2. The van der Waals surface area contributed by atoms with Crippen molar-refractivity contribution in [1.82, 2.24) is 10.3 Å². The van der Waals surface area contributed by atoms with E-state index in [0.717, 1.165) is 40.6 Å². The van der Waals surface area contributed by atoms with E-state index in [0.29, 0.717) is 11.4 Å². The van der Waals surface area contributed by atoms with E-state index in [1.807, 2.05) is 12.1 Å². The lowest BCUT2D eigenvalue weighted by molar-refractivity contribution is 0.0861. The number of hydrogen-bond acceptors (Lipinski definition) is 4. The van der Waals surface area contributed by atoms with E-state index in [2.05, 4.69) is 35.4 Å². The van der Waals surface area contributed by atoms with Gasteiger partial charge in [-0.1, -0.05) is 11.6 Å². The van der Waals surface area contributed by atoms with Crippen molar-refractivity contribution in [3.8, 4) is 0 Å². The number of pyridine rings is 1. The molecule has 3 heterocycles. The number of carbonyl (C=O) groups is 1. The topological polar surface area (TPSA) is 51.2 Å². The monoisotopic (exact) mass is 326 g/mol. The molecule has 3 aromatic rings. The maximum atomic E-state index is 12.3. The van der Waals surface area contributed by atoms with Crippen LogP contribution in [0.15, 0.2) is 30.3 Å². The van der Waals surface area contributed by atoms with Gasteiger partial charge in [-0.25, -0.2) is 4.98 Å². The first-order valence-electron chi connectivity index (χ1n) is 7.90. The first-order chi connectivity index (χ1) is 11.2. The molecule has 23 heavy (non-hydrogen) atoms. The van der Waals surface area contributed by atoms with Crippen molar-refractivity contribution < 1.29 is 9.53 Å². The van der Waals surface area contributed by atoms with Gasteiger partial charge >= 0.3 is 0 Å². The summed E-state index contributed by atoms with van der Waals surface area (Å²) in [6, 6.07) is 10.2. The van der Waals surface area contributed by atoms with Gasteiger partial charge in [0.25, 0.3) is 5.91 Å². The van der Waals surface area contributed by atoms with Crippen LogP contribution in [0.25, 0.3) is 21.1 Å². The second-order valence-electron chi connectivity index (χ2n) is 6.03. The molecule has 0 aliphatic carbocycles. The summed E-state index contributed by atoms with van der Waals surface area (Å²) in [5.41, 5.74) is 2.18. The lowest BCUT2D eigenvalue weighted by atomic mass is 10.1. The zero-order chi connectivity index (χ0) is 15.8. The highest BCUT2D eigenvalue weighted by molar-refractivity contribution is 7.20. The van der Waals surface area contributed by atoms with E-state index in [1.54, 1.807) is 0 Å². The van der Waals surface area contributed by atoms with Crippen LogP contribution in [0.2, 0.25) is 0 Å². The van der Waals surface area contributed by atoms with E-state index in [9.17, 15) is 4.79 Å². The molecule has 1 aliphatic rings. The third-order valence-corrected chi connectivity index (χ3v) is 5.24. The van der Waals surface area contributed by atoms with E-state index in [-0.39, 0.29) is 12.0 Å². The predicted octanol–water partition coefficient (Wildman–Crippen LogP) is 3.67. The van der Waals surface area contributed by atoms with E-state index in [1.165, 1.54) is 16.9 Å². The fraction of sp³-hybridized carbons (Fsp3) is 0.333. The Bertz CT molecular complexity index is 881. The van der Waals surface area contributed by atoms with E-state index >= 15 is 0 Å². The molecule has 0 saturated carbocycles. The highest BCUT2D eigenvalue weighted by atomic mass is 32.1.